The van der Waals surface area contributed by atoms with Crippen LogP contribution in [0.3, 0.4) is 0 Å². The molecular formula is C56H56O4S7. The number of unbranched alkanes of at least 4 members (excludes halogenated alkanes) is 10. The van der Waals surface area contributed by atoms with Gasteiger partial charge in [-0.05, 0) is 94.0 Å². The van der Waals surface area contributed by atoms with E-state index in [1.54, 1.807) is 45.3 Å². The summed E-state index contributed by atoms with van der Waals surface area (Å²) in [6.07, 6.45) is 11.1. The van der Waals surface area contributed by atoms with Crippen LogP contribution in [0.4, 0.5) is 0 Å². The van der Waals surface area contributed by atoms with Gasteiger partial charge in [0.15, 0.2) is 19.7 Å². The van der Waals surface area contributed by atoms with Crippen molar-refractivity contribution in [1.29, 1.82) is 0 Å². The van der Waals surface area contributed by atoms with Gasteiger partial charge in [-0.15, -0.1) is 56.7 Å². The summed E-state index contributed by atoms with van der Waals surface area (Å²) in [7, 11) is -8.05. The maximum absolute atomic E-state index is 15.0. The number of benzene rings is 4. The number of rotatable bonds is 22. The zero-order valence-electron chi connectivity index (χ0n) is 38.1. The normalized spacial score (nSPS) is 12.2. The highest BCUT2D eigenvalue weighted by Crippen LogP contribution is 2.53. The van der Waals surface area contributed by atoms with Gasteiger partial charge < -0.3 is 0 Å². The van der Waals surface area contributed by atoms with Crippen LogP contribution in [-0.2, 0) is 19.7 Å². The molecule has 9 rings (SSSR count). The quantitative estimate of drug-likeness (QED) is 0.0635. The second-order valence-electron chi connectivity index (χ2n) is 17.3. The van der Waals surface area contributed by atoms with Crippen LogP contribution in [-0.4, -0.2) is 28.3 Å². The molecule has 5 aromatic heterocycles. The Morgan fingerprint density at radius 2 is 0.657 bits per heavy atom. The molecule has 5 heterocycles. The Morgan fingerprint density at radius 3 is 1.07 bits per heavy atom. The van der Waals surface area contributed by atoms with E-state index in [1.807, 2.05) is 12.1 Å². The Morgan fingerprint density at radius 1 is 0.328 bits per heavy atom. The topological polar surface area (TPSA) is 68.3 Å². The van der Waals surface area contributed by atoms with Crippen LogP contribution in [0.15, 0.2) is 143 Å². The van der Waals surface area contributed by atoms with Crippen molar-refractivity contribution in [3.05, 3.63) is 133 Å². The van der Waals surface area contributed by atoms with Crippen LogP contribution in [0.2, 0.25) is 0 Å². The van der Waals surface area contributed by atoms with E-state index in [0.29, 0.717) is 22.6 Å². The Balaban J connectivity index is 1.13. The molecule has 346 valence electrons. The molecule has 0 unspecified atom stereocenters. The molecule has 4 nitrogen and oxygen atoms in total. The fourth-order valence-electron chi connectivity index (χ4n) is 8.93. The van der Waals surface area contributed by atoms with Crippen molar-refractivity contribution in [3.63, 3.8) is 0 Å². The minimum atomic E-state index is -4.03. The van der Waals surface area contributed by atoms with E-state index in [2.05, 4.69) is 135 Å². The second-order valence-corrected chi connectivity index (χ2v) is 26.7. The molecule has 9 aromatic rings. The van der Waals surface area contributed by atoms with Crippen LogP contribution in [0.25, 0.3) is 81.4 Å². The molecule has 0 bridgehead atoms. The van der Waals surface area contributed by atoms with Gasteiger partial charge in [-0.25, -0.2) is 16.8 Å². The minimum Gasteiger partial charge on any atom is -0.224 e. The SMILES string of the molecule is CCCCCCCCS(=O)(=O)c1c(-c2ccc(-c3ccc(-c4cccc5ccccc45)s3)s2)sc(-c2ccc(-c3ccc(-c4cccc5ccccc45)s3)s2)c1S(=O)(=O)CCCCCCCC. The lowest BCUT2D eigenvalue weighted by Crippen LogP contribution is -2.15. The number of fused-ring (bicyclic) bond motifs is 2. The summed E-state index contributed by atoms with van der Waals surface area (Å²) >= 11 is 7.87. The lowest BCUT2D eigenvalue weighted by molar-refractivity contribution is 0.573. The summed E-state index contributed by atoms with van der Waals surface area (Å²) in [6.45, 7) is 4.35. The maximum Gasteiger partial charge on any atom is 0.181 e. The van der Waals surface area contributed by atoms with E-state index in [9.17, 15) is 0 Å². The van der Waals surface area contributed by atoms with E-state index in [4.69, 9.17) is 0 Å². The smallest absolute Gasteiger partial charge is 0.181 e. The first-order chi connectivity index (χ1) is 32.6. The van der Waals surface area contributed by atoms with E-state index in [1.165, 1.54) is 44.0 Å². The highest BCUT2D eigenvalue weighted by molar-refractivity contribution is 7.95. The molecule has 0 aliphatic carbocycles. The van der Waals surface area contributed by atoms with E-state index < -0.39 is 19.7 Å². The number of thiophene rings is 5. The standard InChI is InChI=1S/C56H56O4S7/c1-3-5-7-9-11-17-37-66(57,58)55-53(51-35-33-49(63-51)47-31-29-45(61-47)43-27-19-23-39-21-13-15-25-41(39)43)65-54(56(55)67(59,60)38-18-12-10-8-6-4-2)52-36-34-50(64-52)48-32-30-46(62-48)44-28-20-24-40-22-14-16-26-42(40)44/h13-16,19-36H,3-12,17-18,37-38H2,1-2H3. The Kier molecular flexibility index (Phi) is 15.4. The van der Waals surface area contributed by atoms with E-state index >= 15 is 16.8 Å². The van der Waals surface area contributed by atoms with Crippen molar-refractivity contribution in [2.24, 2.45) is 0 Å². The largest absolute Gasteiger partial charge is 0.224 e. The zero-order valence-corrected chi connectivity index (χ0v) is 43.8. The first-order valence-electron chi connectivity index (χ1n) is 23.6. The zero-order chi connectivity index (χ0) is 46.4. The van der Waals surface area contributed by atoms with Crippen molar-refractivity contribution in [3.8, 4) is 59.9 Å². The molecule has 0 aliphatic rings. The third kappa shape index (κ3) is 10.7. The highest BCUT2D eigenvalue weighted by Gasteiger charge is 2.37. The van der Waals surface area contributed by atoms with Crippen molar-refractivity contribution in [1.82, 2.24) is 0 Å². The van der Waals surface area contributed by atoms with Crippen LogP contribution >= 0.6 is 56.7 Å². The summed E-state index contributed by atoms with van der Waals surface area (Å²) < 4.78 is 60.1. The average molecular weight is 1020 g/mol. The Labute approximate surface area is 416 Å². The fourth-order valence-corrected chi connectivity index (χ4v) is 19.7. The van der Waals surface area contributed by atoms with Crippen molar-refractivity contribution >= 4 is 97.9 Å². The monoisotopic (exact) mass is 1020 g/mol. The van der Waals surface area contributed by atoms with Crippen molar-refractivity contribution in [2.45, 2.75) is 101 Å². The Hall–Kier alpha value is -4.20. The highest BCUT2D eigenvalue weighted by atomic mass is 32.2. The molecule has 67 heavy (non-hydrogen) atoms. The van der Waals surface area contributed by atoms with Crippen LogP contribution in [0.5, 0.6) is 0 Å². The maximum atomic E-state index is 15.0. The third-order valence-electron chi connectivity index (χ3n) is 12.4. The number of sulfone groups is 2. The van der Waals surface area contributed by atoms with Gasteiger partial charge in [-0.3, -0.25) is 0 Å². The molecule has 0 fully saturated rings. The van der Waals surface area contributed by atoms with Gasteiger partial charge in [0.1, 0.15) is 9.79 Å². The van der Waals surface area contributed by atoms with Crippen molar-refractivity contribution in [2.75, 3.05) is 11.5 Å². The van der Waals surface area contributed by atoms with Gasteiger partial charge in [0.05, 0.1) is 21.3 Å². The van der Waals surface area contributed by atoms with E-state index in [0.717, 1.165) is 103 Å². The van der Waals surface area contributed by atoms with Gasteiger partial charge in [-0.2, -0.15) is 0 Å². The molecule has 0 amide bonds. The lowest BCUT2D eigenvalue weighted by Gasteiger charge is -2.11. The summed E-state index contributed by atoms with van der Waals surface area (Å²) in [5.74, 6) is -0.164. The summed E-state index contributed by atoms with van der Waals surface area (Å²) in [6, 6.07) is 46.4. The van der Waals surface area contributed by atoms with Crippen LogP contribution < -0.4 is 0 Å². The number of hydrogen-bond acceptors (Lipinski definition) is 9. The molecule has 0 N–H and O–H groups in total. The molecule has 0 aliphatic heterocycles. The molecule has 0 spiro atoms. The molecule has 4 aromatic carbocycles. The molecule has 0 atom stereocenters. The molecule has 0 saturated carbocycles. The van der Waals surface area contributed by atoms with Crippen molar-refractivity contribution < 1.29 is 16.8 Å². The van der Waals surface area contributed by atoms with E-state index in [-0.39, 0.29) is 21.3 Å². The Bertz CT molecular complexity index is 3110. The van der Waals surface area contributed by atoms with Crippen LogP contribution in [0, 0.1) is 0 Å². The summed E-state index contributed by atoms with van der Waals surface area (Å²) in [4.78, 5) is 9.18. The first-order valence-corrected chi connectivity index (χ1v) is 31.0. The minimum absolute atomic E-state index is 0.00683. The first kappa shape index (κ1) is 47.8. The predicted molar refractivity (Wildman–Crippen MR) is 294 cm³/mol. The fraction of sp³-hybridized carbons (Fsp3) is 0.286. The van der Waals surface area contributed by atoms with Crippen LogP contribution in [0.1, 0.15) is 90.9 Å². The second kappa shape index (κ2) is 21.6. The average Bonchev–Trinajstić information content (AvgIpc) is 4.20. The van der Waals surface area contributed by atoms with Gasteiger partial charge in [0, 0.05) is 39.0 Å². The summed E-state index contributed by atoms with van der Waals surface area (Å²) in [5.41, 5.74) is 2.36. The lowest BCUT2D eigenvalue weighted by atomic mass is 10.0. The summed E-state index contributed by atoms with van der Waals surface area (Å²) in [5, 5.41) is 4.79. The number of hydrogen-bond donors (Lipinski definition) is 0. The predicted octanol–water partition coefficient (Wildman–Crippen LogP) is 18.6. The molecule has 0 radical (unpaired) electrons. The molecule has 0 saturated heterocycles. The van der Waals surface area contributed by atoms with Gasteiger partial charge in [-0.1, -0.05) is 163 Å². The van der Waals surface area contributed by atoms with Gasteiger partial charge >= 0.3 is 0 Å². The molecule has 11 heteroatoms. The molecular weight excluding hydrogens is 961 g/mol. The third-order valence-corrected chi connectivity index (χ3v) is 22.9. The van der Waals surface area contributed by atoms with Gasteiger partial charge in [0.2, 0.25) is 0 Å². The van der Waals surface area contributed by atoms with Gasteiger partial charge in [0.25, 0.3) is 0 Å².